The van der Waals surface area contributed by atoms with Crippen molar-refractivity contribution in [3.8, 4) is 5.75 Å². The lowest BCUT2D eigenvalue weighted by Crippen LogP contribution is -2.41. The average Bonchev–Trinajstić information content (AvgIpc) is 2.99. The molecule has 0 amide bonds. The highest BCUT2D eigenvalue weighted by atomic mass is 32.1. The molecule has 2 N–H and O–H groups in total. The number of carbonyl (C=O) groups is 1. The van der Waals surface area contributed by atoms with Crippen LogP contribution in [0.4, 0.5) is 21.5 Å². The lowest BCUT2D eigenvalue weighted by Gasteiger charge is -2.38. The maximum Gasteiger partial charge on any atom is 0.178 e. The second kappa shape index (κ2) is 9.39. The van der Waals surface area contributed by atoms with Gasteiger partial charge >= 0.3 is 0 Å². The van der Waals surface area contributed by atoms with Gasteiger partial charge in [-0.25, -0.2) is 4.39 Å². The van der Waals surface area contributed by atoms with E-state index in [1.807, 2.05) is 53.4 Å². The van der Waals surface area contributed by atoms with Crippen LogP contribution < -0.4 is 20.3 Å². The molecular formula is C29H28FN3O2S. The molecule has 36 heavy (non-hydrogen) atoms. The van der Waals surface area contributed by atoms with Crippen LogP contribution in [-0.2, 0) is 4.79 Å². The summed E-state index contributed by atoms with van der Waals surface area (Å²) in [5.74, 6) is 0.504. The number of allylic oxidation sites excluding steroid dienone is 1. The number of fused-ring (bicyclic) bond motifs is 1. The summed E-state index contributed by atoms with van der Waals surface area (Å²) < 4.78 is 18.9. The highest BCUT2D eigenvalue weighted by Crippen LogP contribution is 2.48. The number of hydrogen-bond donors (Lipinski definition) is 2. The molecule has 0 bridgehead atoms. The average molecular weight is 502 g/mol. The molecule has 184 valence electrons. The molecule has 7 heteroatoms. The second-order valence-corrected chi connectivity index (χ2v) is 10.3. The van der Waals surface area contributed by atoms with Crippen LogP contribution in [0.25, 0.3) is 0 Å². The molecular weight excluding hydrogens is 473 g/mol. The molecule has 0 unspecified atom stereocenters. The van der Waals surface area contributed by atoms with Crippen LogP contribution in [0.5, 0.6) is 5.75 Å². The Morgan fingerprint density at radius 3 is 2.44 bits per heavy atom. The van der Waals surface area contributed by atoms with Gasteiger partial charge in [-0.15, -0.1) is 0 Å². The number of Topliss-reactive ketones (excluding diaryl/α,β-unsaturated/α-hetero) is 1. The van der Waals surface area contributed by atoms with E-state index in [0.29, 0.717) is 22.8 Å². The number of methoxy groups -OCH3 is 1. The third-order valence-electron chi connectivity index (χ3n) is 6.65. The molecule has 0 saturated heterocycles. The van der Waals surface area contributed by atoms with Crippen LogP contribution in [0.15, 0.2) is 84.1 Å². The monoisotopic (exact) mass is 501 g/mol. The molecule has 5 nitrogen and oxygen atoms in total. The maximum atomic E-state index is 13.8. The van der Waals surface area contributed by atoms with Gasteiger partial charge in [0.1, 0.15) is 11.6 Å². The zero-order chi connectivity index (χ0) is 25.4. The fourth-order valence-corrected chi connectivity index (χ4v) is 5.35. The van der Waals surface area contributed by atoms with Crippen molar-refractivity contribution in [2.75, 3.05) is 22.6 Å². The van der Waals surface area contributed by atoms with Gasteiger partial charge in [0.15, 0.2) is 10.9 Å². The van der Waals surface area contributed by atoms with Gasteiger partial charge in [0.05, 0.1) is 24.5 Å². The molecule has 0 fully saturated rings. The van der Waals surface area contributed by atoms with Crippen LogP contribution in [0, 0.1) is 11.2 Å². The van der Waals surface area contributed by atoms with Crippen molar-refractivity contribution >= 4 is 40.2 Å². The number of hydrogen-bond acceptors (Lipinski definition) is 4. The zero-order valence-electron chi connectivity index (χ0n) is 20.5. The minimum atomic E-state index is -0.467. The van der Waals surface area contributed by atoms with Crippen LogP contribution in [0.2, 0.25) is 0 Å². The first-order valence-corrected chi connectivity index (χ1v) is 12.3. The smallest absolute Gasteiger partial charge is 0.178 e. The van der Waals surface area contributed by atoms with Crippen molar-refractivity contribution in [2.45, 2.75) is 32.7 Å². The fraction of sp³-hybridized carbons (Fsp3) is 0.241. The minimum Gasteiger partial charge on any atom is -0.497 e. The van der Waals surface area contributed by atoms with Gasteiger partial charge in [-0.3, -0.25) is 4.79 Å². The number of benzene rings is 3. The Kier molecular flexibility index (Phi) is 6.26. The Balaban J connectivity index is 1.70. The number of thiocarbonyl (C=S) groups is 1. The normalized spacial score (nSPS) is 18.5. The van der Waals surface area contributed by atoms with Crippen molar-refractivity contribution in [3.05, 3.63) is 95.4 Å². The number of rotatable bonds is 3. The van der Waals surface area contributed by atoms with E-state index in [0.717, 1.165) is 34.8 Å². The molecule has 0 aromatic heterocycles. The fourth-order valence-electron chi connectivity index (χ4n) is 5.03. The van der Waals surface area contributed by atoms with Crippen LogP contribution in [0.3, 0.4) is 0 Å². The molecule has 1 aliphatic heterocycles. The van der Waals surface area contributed by atoms with Crippen molar-refractivity contribution in [3.63, 3.8) is 0 Å². The summed E-state index contributed by atoms with van der Waals surface area (Å²) in [6, 6.07) is 21.2. The molecule has 1 atom stereocenters. The van der Waals surface area contributed by atoms with E-state index in [4.69, 9.17) is 17.0 Å². The van der Waals surface area contributed by atoms with Gasteiger partial charge in [0.25, 0.3) is 0 Å². The Labute approximate surface area is 216 Å². The Morgan fingerprint density at radius 2 is 1.75 bits per heavy atom. The van der Waals surface area contributed by atoms with Gasteiger partial charge in [0, 0.05) is 23.4 Å². The van der Waals surface area contributed by atoms with Crippen molar-refractivity contribution in [1.29, 1.82) is 0 Å². The summed E-state index contributed by atoms with van der Waals surface area (Å²) in [6.07, 6.45) is 1.18. The maximum absolute atomic E-state index is 13.8. The third-order valence-corrected chi connectivity index (χ3v) is 6.95. The Morgan fingerprint density at radius 1 is 1.06 bits per heavy atom. The molecule has 5 rings (SSSR count). The molecule has 1 aliphatic carbocycles. The molecule has 0 radical (unpaired) electrons. The number of ketones is 1. The van der Waals surface area contributed by atoms with E-state index in [9.17, 15) is 9.18 Å². The number of halogens is 1. The molecule has 0 saturated carbocycles. The number of anilines is 3. The quantitative estimate of drug-likeness (QED) is 0.383. The van der Waals surface area contributed by atoms with Crippen LogP contribution in [0.1, 0.15) is 38.3 Å². The van der Waals surface area contributed by atoms with Gasteiger partial charge in [-0.1, -0.05) is 38.1 Å². The predicted octanol–water partition coefficient (Wildman–Crippen LogP) is 6.85. The highest BCUT2D eigenvalue weighted by Gasteiger charge is 2.42. The first-order valence-electron chi connectivity index (χ1n) is 11.9. The number of ether oxygens (including phenoxy) is 1. The second-order valence-electron chi connectivity index (χ2n) is 9.96. The van der Waals surface area contributed by atoms with E-state index in [1.54, 1.807) is 19.2 Å². The standard InChI is InChI=1S/C29H28FN3O2S/c1-29(2)16-23-26(25(34)17-29)27(18-8-14-21(35-3)15-9-18)33(24-7-5-4-6-22(24)32-23)28(36)31-20-12-10-19(30)11-13-20/h4-15,27,32H,16-17H2,1-3H3,(H,31,36)/t27-/m1/s1. The first-order chi connectivity index (χ1) is 17.3. The molecule has 0 spiro atoms. The van der Waals surface area contributed by atoms with Crippen LogP contribution >= 0.6 is 12.2 Å². The van der Waals surface area contributed by atoms with Crippen molar-refractivity contribution in [2.24, 2.45) is 5.41 Å². The van der Waals surface area contributed by atoms with Crippen molar-refractivity contribution in [1.82, 2.24) is 0 Å². The largest absolute Gasteiger partial charge is 0.497 e. The summed E-state index contributed by atoms with van der Waals surface area (Å²) >= 11 is 5.96. The summed E-state index contributed by atoms with van der Waals surface area (Å²) in [7, 11) is 1.63. The lowest BCUT2D eigenvalue weighted by atomic mass is 9.73. The number of nitrogens with one attached hydrogen (secondary N) is 2. The Bertz CT molecular complexity index is 1350. The summed E-state index contributed by atoms with van der Waals surface area (Å²) in [6.45, 7) is 4.24. The highest BCUT2D eigenvalue weighted by molar-refractivity contribution is 7.80. The first kappa shape index (κ1) is 24.0. The van der Waals surface area contributed by atoms with Crippen molar-refractivity contribution < 1.29 is 13.9 Å². The van der Waals surface area contributed by atoms with E-state index in [2.05, 4.69) is 24.5 Å². The minimum absolute atomic E-state index is 0.0944. The topological polar surface area (TPSA) is 53.6 Å². The number of nitrogens with zero attached hydrogens (tertiary/aromatic N) is 1. The summed E-state index contributed by atoms with van der Waals surface area (Å²) in [5, 5.41) is 7.25. The lowest BCUT2D eigenvalue weighted by molar-refractivity contribution is -0.118. The van der Waals surface area contributed by atoms with Gasteiger partial charge in [-0.2, -0.15) is 0 Å². The third kappa shape index (κ3) is 4.58. The van der Waals surface area contributed by atoms with Gasteiger partial charge in [-0.05, 0) is 78.1 Å². The van der Waals surface area contributed by atoms with Crippen LogP contribution in [-0.4, -0.2) is 18.0 Å². The molecule has 1 heterocycles. The number of para-hydroxylation sites is 2. The van der Waals surface area contributed by atoms with Gasteiger partial charge in [0.2, 0.25) is 0 Å². The molecule has 3 aromatic rings. The molecule has 2 aliphatic rings. The zero-order valence-corrected chi connectivity index (χ0v) is 21.3. The number of carbonyl (C=O) groups excluding carboxylic acids is 1. The summed E-state index contributed by atoms with van der Waals surface area (Å²) in [4.78, 5) is 15.8. The van der Waals surface area contributed by atoms with E-state index >= 15 is 0 Å². The Hall–Kier alpha value is -3.71. The van der Waals surface area contributed by atoms with Gasteiger partial charge < -0.3 is 20.3 Å². The van der Waals surface area contributed by atoms with E-state index in [1.165, 1.54) is 12.1 Å². The molecule has 3 aromatic carbocycles. The predicted molar refractivity (Wildman–Crippen MR) is 146 cm³/mol. The summed E-state index contributed by atoms with van der Waals surface area (Å²) in [5.41, 5.74) is 4.75. The SMILES string of the molecule is COc1ccc([C@@H]2C3=C(CC(C)(C)CC3=O)Nc3ccccc3N2C(=S)Nc2ccc(F)cc2)cc1. The van der Waals surface area contributed by atoms with E-state index in [-0.39, 0.29) is 17.0 Å². The van der Waals surface area contributed by atoms with E-state index < -0.39 is 6.04 Å².